The molecule has 3 aromatic rings. The predicted molar refractivity (Wildman–Crippen MR) is 125 cm³/mol. The number of rotatable bonds is 5. The Hall–Kier alpha value is -3.70. The minimum Gasteiger partial charge on any atom is -0.473 e. The van der Waals surface area contributed by atoms with Crippen LogP contribution in [0, 0.1) is 23.5 Å². The molecule has 6 rings (SSSR count). The molecular formula is C26H23F5N4O3. The second-order valence-electron chi connectivity index (χ2n) is 9.93. The molecule has 0 amide bonds. The third-order valence-electron chi connectivity index (χ3n) is 7.61. The van der Waals surface area contributed by atoms with Crippen LogP contribution in [0.3, 0.4) is 0 Å². The summed E-state index contributed by atoms with van der Waals surface area (Å²) in [5.41, 5.74) is -1.60. The van der Waals surface area contributed by atoms with E-state index in [9.17, 15) is 26.7 Å². The number of anilines is 1. The zero-order valence-electron chi connectivity index (χ0n) is 20.0. The Morgan fingerprint density at radius 2 is 1.79 bits per heavy atom. The molecule has 12 heteroatoms. The van der Waals surface area contributed by atoms with Gasteiger partial charge < -0.3 is 14.4 Å². The van der Waals surface area contributed by atoms with Crippen molar-refractivity contribution in [3.63, 3.8) is 0 Å². The third-order valence-corrected chi connectivity index (χ3v) is 7.61. The van der Waals surface area contributed by atoms with Gasteiger partial charge in [0.05, 0.1) is 6.04 Å². The van der Waals surface area contributed by atoms with Gasteiger partial charge in [-0.1, -0.05) is 12.8 Å². The van der Waals surface area contributed by atoms with E-state index in [1.54, 1.807) is 10.6 Å². The molecule has 2 aliphatic heterocycles. The molecule has 38 heavy (non-hydrogen) atoms. The van der Waals surface area contributed by atoms with Crippen molar-refractivity contribution in [3.8, 4) is 17.4 Å². The van der Waals surface area contributed by atoms with E-state index < -0.39 is 40.7 Å². The maximum absolute atomic E-state index is 14.7. The van der Waals surface area contributed by atoms with E-state index in [4.69, 9.17) is 9.47 Å². The van der Waals surface area contributed by atoms with Crippen LogP contribution < -0.4 is 20.1 Å². The molecule has 3 aliphatic rings. The summed E-state index contributed by atoms with van der Waals surface area (Å²) < 4.78 is 80.2. The van der Waals surface area contributed by atoms with Crippen LogP contribution in [0.5, 0.6) is 17.4 Å². The summed E-state index contributed by atoms with van der Waals surface area (Å²) in [6.07, 6.45) is 0.885. The number of ether oxygens (including phenoxy) is 2. The van der Waals surface area contributed by atoms with E-state index in [0.29, 0.717) is 24.4 Å². The standard InChI is InChI=1S/C26H23F5N4O3/c27-18-7-14(8-19(28)24(18)38-16-5-6-32-21(9-16)26(29,30)31)13-37-22-10-23-34-11-15-3-1-2-4-17(15)20(34)12-35(23)25(36)33-22/h5-10,15,17,20H,1-4,11-13H2/t15?,17?,20-/m0/s1. The number of aromatic nitrogens is 3. The lowest BCUT2D eigenvalue weighted by atomic mass is 9.78. The van der Waals surface area contributed by atoms with Crippen LogP contribution in [0.4, 0.5) is 27.8 Å². The second-order valence-corrected chi connectivity index (χ2v) is 9.93. The highest BCUT2D eigenvalue weighted by Gasteiger charge is 2.47. The number of fused-ring (bicyclic) bond motifs is 5. The molecule has 0 bridgehead atoms. The van der Waals surface area contributed by atoms with Crippen molar-refractivity contribution in [3.05, 3.63) is 69.9 Å². The summed E-state index contributed by atoms with van der Waals surface area (Å²) in [6, 6.07) is 5.46. The number of benzene rings is 1. The molecule has 3 atom stereocenters. The number of alkyl halides is 3. The van der Waals surface area contributed by atoms with Crippen molar-refractivity contribution in [2.45, 2.75) is 51.1 Å². The molecular weight excluding hydrogens is 511 g/mol. The highest BCUT2D eigenvalue weighted by Crippen LogP contribution is 2.45. The van der Waals surface area contributed by atoms with Crippen molar-refractivity contribution in [2.75, 3.05) is 11.4 Å². The summed E-state index contributed by atoms with van der Waals surface area (Å²) in [6.45, 7) is 1.20. The minimum absolute atomic E-state index is 0.0504. The quantitative estimate of drug-likeness (QED) is 0.413. The summed E-state index contributed by atoms with van der Waals surface area (Å²) in [5, 5.41) is 0. The van der Waals surface area contributed by atoms with Gasteiger partial charge in [0.1, 0.15) is 23.9 Å². The highest BCUT2D eigenvalue weighted by molar-refractivity contribution is 5.49. The van der Waals surface area contributed by atoms with Crippen molar-refractivity contribution < 1.29 is 31.4 Å². The van der Waals surface area contributed by atoms with E-state index >= 15 is 0 Å². The molecule has 0 spiro atoms. The molecule has 2 unspecified atom stereocenters. The van der Waals surface area contributed by atoms with Crippen LogP contribution in [0.2, 0.25) is 0 Å². The number of halogens is 5. The van der Waals surface area contributed by atoms with Gasteiger partial charge in [-0.2, -0.15) is 18.2 Å². The molecule has 1 saturated carbocycles. The number of hydrogen-bond donors (Lipinski definition) is 0. The van der Waals surface area contributed by atoms with Gasteiger partial charge in [0.15, 0.2) is 17.4 Å². The fourth-order valence-corrected chi connectivity index (χ4v) is 5.93. The summed E-state index contributed by atoms with van der Waals surface area (Å²) in [5.74, 6) is -1.55. The Kier molecular flexibility index (Phi) is 5.99. The van der Waals surface area contributed by atoms with Gasteiger partial charge in [-0.3, -0.25) is 9.55 Å². The lowest BCUT2D eigenvalue weighted by Gasteiger charge is -2.26. The first kappa shape index (κ1) is 24.6. The lowest BCUT2D eigenvalue weighted by Crippen LogP contribution is -2.30. The van der Waals surface area contributed by atoms with Gasteiger partial charge in [-0.05, 0) is 48.4 Å². The topological polar surface area (TPSA) is 69.5 Å². The van der Waals surface area contributed by atoms with Gasteiger partial charge >= 0.3 is 11.9 Å². The Balaban J connectivity index is 1.17. The molecule has 2 aromatic heterocycles. The number of nitrogens with zero attached hydrogens (tertiary/aromatic N) is 4. The maximum Gasteiger partial charge on any atom is 0.433 e. The van der Waals surface area contributed by atoms with Crippen LogP contribution in [-0.2, 0) is 19.3 Å². The van der Waals surface area contributed by atoms with Gasteiger partial charge in [-0.25, -0.2) is 13.6 Å². The number of hydrogen-bond acceptors (Lipinski definition) is 6. The van der Waals surface area contributed by atoms with Gasteiger partial charge in [0, 0.05) is 31.4 Å². The van der Waals surface area contributed by atoms with Crippen LogP contribution >= 0.6 is 0 Å². The first-order valence-corrected chi connectivity index (χ1v) is 12.4. The third kappa shape index (κ3) is 4.45. The normalized spacial score (nSPS) is 22.1. The molecule has 2 fully saturated rings. The van der Waals surface area contributed by atoms with Crippen LogP contribution in [0.25, 0.3) is 0 Å². The average molecular weight is 534 g/mol. The van der Waals surface area contributed by atoms with E-state index in [2.05, 4.69) is 14.9 Å². The summed E-state index contributed by atoms with van der Waals surface area (Å²) in [4.78, 5) is 22.1. The van der Waals surface area contributed by atoms with Gasteiger partial charge in [0.2, 0.25) is 5.88 Å². The van der Waals surface area contributed by atoms with E-state index in [-0.39, 0.29) is 24.1 Å². The lowest BCUT2D eigenvalue weighted by molar-refractivity contribution is -0.141. The van der Waals surface area contributed by atoms with Gasteiger partial charge in [-0.15, -0.1) is 0 Å². The first-order valence-electron chi connectivity index (χ1n) is 12.4. The van der Waals surface area contributed by atoms with Gasteiger partial charge in [0.25, 0.3) is 0 Å². The Labute approximate surface area is 213 Å². The zero-order chi connectivity index (χ0) is 26.6. The van der Waals surface area contributed by atoms with Crippen molar-refractivity contribution in [1.29, 1.82) is 0 Å². The molecule has 1 aromatic carbocycles. The Bertz CT molecular complexity index is 1420. The average Bonchev–Trinajstić information content (AvgIpc) is 3.42. The fourth-order valence-electron chi connectivity index (χ4n) is 5.93. The molecule has 1 saturated heterocycles. The molecule has 4 heterocycles. The van der Waals surface area contributed by atoms with E-state index in [0.717, 1.165) is 43.2 Å². The molecule has 200 valence electrons. The molecule has 0 radical (unpaired) electrons. The monoisotopic (exact) mass is 534 g/mol. The largest absolute Gasteiger partial charge is 0.473 e. The predicted octanol–water partition coefficient (Wildman–Crippen LogP) is 5.32. The smallest absolute Gasteiger partial charge is 0.433 e. The minimum atomic E-state index is -4.74. The summed E-state index contributed by atoms with van der Waals surface area (Å²) in [7, 11) is 0. The van der Waals surface area contributed by atoms with E-state index in [1.807, 2.05) is 0 Å². The van der Waals surface area contributed by atoms with Crippen LogP contribution in [0.15, 0.2) is 41.3 Å². The van der Waals surface area contributed by atoms with Crippen LogP contribution in [0.1, 0.15) is 36.9 Å². The van der Waals surface area contributed by atoms with Crippen molar-refractivity contribution in [1.82, 2.24) is 14.5 Å². The van der Waals surface area contributed by atoms with Crippen molar-refractivity contribution in [2.24, 2.45) is 11.8 Å². The SMILES string of the molecule is O=c1nc(OCc2cc(F)c(Oc3ccnc(C(F)(F)F)c3)c(F)c2)cc2n1C[C@H]1C3CCCCC3CN21. The number of pyridine rings is 1. The maximum atomic E-state index is 14.7. The summed E-state index contributed by atoms with van der Waals surface area (Å²) >= 11 is 0. The second kappa shape index (κ2) is 9.25. The van der Waals surface area contributed by atoms with E-state index in [1.165, 1.54) is 19.3 Å². The van der Waals surface area contributed by atoms with Crippen molar-refractivity contribution >= 4 is 5.82 Å². The highest BCUT2D eigenvalue weighted by atomic mass is 19.4. The van der Waals surface area contributed by atoms with Crippen LogP contribution in [-0.4, -0.2) is 27.1 Å². The molecule has 7 nitrogen and oxygen atoms in total. The first-order chi connectivity index (χ1) is 18.2. The fraction of sp³-hybridized carbons (Fsp3) is 0.423. The molecule has 1 aliphatic carbocycles. The Morgan fingerprint density at radius 1 is 1.03 bits per heavy atom. The Morgan fingerprint density at radius 3 is 2.55 bits per heavy atom. The zero-order valence-corrected chi connectivity index (χ0v) is 20.0. The molecule has 0 N–H and O–H groups in total.